The van der Waals surface area contributed by atoms with Gasteiger partial charge in [0.1, 0.15) is 0 Å². The Morgan fingerprint density at radius 1 is 1.48 bits per heavy atom. The highest BCUT2D eigenvalue weighted by molar-refractivity contribution is 6.26. The summed E-state index contributed by atoms with van der Waals surface area (Å²) in [4.78, 5) is 40.8. The molecule has 0 spiro atoms. The van der Waals surface area contributed by atoms with E-state index in [4.69, 9.17) is 19.8 Å². The van der Waals surface area contributed by atoms with Crippen molar-refractivity contribution in [1.29, 1.82) is 0 Å². The molecule has 1 unspecified atom stereocenters. The molecule has 21 heavy (non-hydrogen) atoms. The van der Waals surface area contributed by atoms with E-state index in [9.17, 15) is 9.59 Å². The lowest BCUT2D eigenvalue weighted by Gasteiger charge is -2.24. The first-order valence-electron chi connectivity index (χ1n) is 6.06. The quantitative estimate of drug-likeness (QED) is 0.313. The molecular weight excluding hydrogens is 284 g/mol. The number of hydrazone groups is 1. The van der Waals surface area contributed by atoms with E-state index in [1.165, 1.54) is 0 Å². The number of carbonyl (C=O) groups is 4. The highest BCUT2D eigenvalue weighted by atomic mass is 16.4. The van der Waals surface area contributed by atoms with Gasteiger partial charge < -0.3 is 15.0 Å². The Hall–Kier alpha value is -2.49. The SMILES string of the molecule is CCC1(CCC(=O)N[NH3+])C(=O)NN=C1C.O=C([O-])C(=O)O. The normalized spacial score (nSPS) is 19.8. The van der Waals surface area contributed by atoms with E-state index < -0.39 is 17.4 Å². The number of hydrogen-bond acceptors (Lipinski definition) is 6. The minimum Gasteiger partial charge on any atom is -0.539 e. The van der Waals surface area contributed by atoms with Gasteiger partial charge in [0.25, 0.3) is 11.8 Å². The molecular formula is C11H18N4O6. The first-order valence-corrected chi connectivity index (χ1v) is 6.06. The van der Waals surface area contributed by atoms with E-state index in [-0.39, 0.29) is 18.2 Å². The molecule has 0 aromatic heterocycles. The Morgan fingerprint density at radius 2 is 2.00 bits per heavy atom. The smallest absolute Gasteiger partial charge is 0.351 e. The Balaban J connectivity index is 0.000000567. The maximum Gasteiger partial charge on any atom is 0.351 e. The molecule has 0 aromatic carbocycles. The zero-order valence-electron chi connectivity index (χ0n) is 11.8. The van der Waals surface area contributed by atoms with Gasteiger partial charge >= 0.3 is 5.97 Å². The number of nitrogens with zero attached hydrogens (tertiary/aromatic N) is 1. The second-order valence-electron chi connectivity index (χ2n) is 4.27. The monoisotopic (exact) mass is 302 g/mol. The maximum absolute atomic E-state index is 11.7. The van der Waals surface area contributed by atoms with Crippen LogP contribution in [0.3, 0.4) is 0 Å². The summed E-state index contributed by atoms with van der Waals surface area (Å²) in [5, 5.41) is 20.2. The van der Waals surface area contributed by atoms with E-state index in [1.807, 2.05) is 13.8 Å². The summed E-state index contributed by atoms with van der Waals surface area (Å²) >= 11 is 0. The predicted molar refractivity (Wildman–Crippen MR) is 66.9 cm³/mol. The van der Waals surface area contributed by atoms with Crippen LogP contribution in [0, 0.1) is 5.41 Å². The second-order valence-corrected chi connectivity index (χ2v) is 4.27. The van der Waals surface area contributed by atoms with E-state index in [0.29, 0.717) is 12.8 Å². The third-order valence-electron chi connectivity index (χ3n) is 3.21. The van der Waals surface area contributed by atoms with Crippen LogP contribution in [0.2, 0.25) is 0 Å². The fourth-order valence-electron chi connectivity index (χ4n) is 1.82. The van der Waals surface area contributed by atoms with Gasteiger partial charge in [-0.05, 0) is 19.8 Å². The van der Waals surface area contributed by atoms with Gasteiger partial charge in [-0.1, -0.05) is 6.92 Å². The summed E-state index contributed by atoms with van der Waals surface area (Å²) < 4.78 is 0. The Labute approximate surface area is 120 Å². The van der Waals surface area contributed by atoms with Crippen molar-refractivity contribution < 1.29 is 35.2 Å². The molecule has 10 heteroatoms. The van der Waals surface area contributed by atoms with Crippen molar-refractivity contribution in [1.82, 2.24) is 10.9 Å². The third kappa shape index (κ3) is 4.84. The number of carbonyl (C=O) groups excluding carboxylic acids is 3. The average molecular weight is 302 g/mol. The van der Waals surface area contributed by atoms with Gasteiger partial charge in [0.2, 0.25) is 0 Å². The lowest BCUT2D eigenvalue weighted by atomic mass is 9.77. The molecule has 0 fully saturated rings. The Bertz CT molecular complexity index is 463. The third-order valence-corrected chi connectivity index (χ3v) is 3.21. The van der Waals surface area contributed by atoms with Crippen LogP contribution in [0.25, 0.3) is 0 Å². The lowest BCUT2D eigenvalue weighted by molar-refractivity contribution is -0.427. The van der Waals surface area contributed by atoms with Crippen LogP contribution in [0.4, 0.5) is 0 Å². The zero-order chi connectivity index (χ0) is 16.6. The Kier molecular flexibility index (Phi) is 7.00. The molecule has 1 rings (SSSR count). The van der Waals surface area contributed by atoms with Crippen molar-refractivity contribution in [3.63, 3.8) is 0 Å². The number of nitrogens with one attached hydrogen (secondary N) is 2. The Morgan fingerprint density at radius 3 is 2.29 bits per heavy atom. The van der Waals surface area contributed by atoms with Crippen molar-refractivity contribution in [2.45, 2.75) is 33.1 Å². The van der Waals surface area contributed by atoms with Gasteiger partial charge in [-0.3, -0.25) is 15.4 Å². The first-order chi connectivity index (χ1) is 9.71. The molecule has 10 nitrogen and oxygen atoms in total. The van der Waals surface area contributed by atoms with Gasteiger partial charge in [0.15, 0.2) is 5.97 Å². The van der Waals surface area contributed by atoms with Gasteiger partial charge in [-0.15, -0.1) is 0 Å². The van der Waals surface area contributed by atoms with Crippen molar-refractivity contribution in [2.75, 3.05) is 0 Å². The van der Waals surface area contributed by atoms with Crippen LogP contribution >= 0.6 is 0 Å². The molecule has 1 heterocycles. The number of amides is 2. The van der Waals surface area contributed by atoms with Crippen molar-refractivity contribution >= 4 is 29.5 Å². The topological polar surface area (TPSA) is 176 Å². The van der Waals surface area contributed by atoms with E-state index >= 15 is 0 Å². The molecule has 1 aliphatic heterocycles. The summed E-state index contributed by atoms with van der Waals surface area (Å²) in [5.41, 5.74) is 4.91. The molecule has 0 aliphatic carbocycles. The number of hydrogen-bond donors (Lipinski definition) is 4. The molecule has 0 aromatic rings. The van der Waals surface area contributed by atoms with E-state index in [1.54, 1.807) is 0 Å². The fourth-order valence-corrected chi connectivity index (χ4v) is 1.82. The average Bonchev–Trinajstić information content (AvgIpc) is 2.73. The van der Waals surface area contributed by atoms with E-state index in [2.05, 4.69) is 21.8 Å². The maximum atomic E-state index is 11.7. The lowest BCUT2D eigenvalue weighted by Crippen LogP contribution is -2.67. The summed E-state index contributed by atoms with van der Waals surface area (Å²) in [6, 6.07) is 0. The molecule has 1 atom stereocenters. The molecule has 6 N–H and O–H groups in total. The van der Waals surface area contributed by atoms with E-state index in [0.717, 1.165) is 5.71 Å². The fraction of sp³-hybridized carbons (Fsp3) is 0.545. The second kappa shape index (κ2) is 7.94. The predicted octanol–water partition coefficient (Wildman–Crippen LogP) is -3.24. The van der Waals surface area contributed by atoms with Gasteiger partial charge in [0.05, 0.1) is 11.1 Å². The molecule has 0 radical (unpaired) electrons. The largest absolute Gasteiger partial charge is 0.539 e. The van der Waals surface area contributed by atoms with Gasteiger partial charge in [-0.2, -0.15) is 5.10 Å². The minimum atomic E-state index is -2.07. The van der Waals surface area contributed by atoms with Gasteiger partial charge in [0, 0.05) is 6.42 Å². The van der Waals surface area contributed by atoms with Crippen molar-refractivity contribution in [2.24, 2.45) is 10.5 Å². The van der Waals surface area contributed by atoms with Crippen LogP contribution in [0.15, 0.2) is 5.10 Å². The number of aliphatic carboxylic acids is 2. The summed E-state index contributed by atoms with van der Waals surface area (Å²) in [7, 11) is 0. The van der Waals surface area contributed by atoms with Crippen molar-refractivity contribution in [3.8, 4) is 0 Å². The first kappa shape index (κ1) is 18.5. The number of rotatable bonds is 4. The molecule has 0 saturated carbocycles. The van der Waals surface area contributed by atoms with Crippen LogP contribution in [0.1, 0.15) is 33.1 Å². The number of quaternary nitrogens is 1. The van der Waals surface area contributed by atoms with Crippen LogP contribution in [-0.4, -0.2) is 34.6 Å². The summed E-state index contributed by atoms with van der Waals surface area (Å²) in [6.45, 7) is 3.73. The molecule has 0 saturated heterocycles. The molecule has 1 aliphatic rings. The highest BCUT2D eigenvalue weighted by Crippen LogP contribution is 2.33. The van der Waals surface area contributed by atoms with Crippen LogP contribution in [-0.2, 0) is 19.2 Å². The summed E-state index contributed by atoms with van der Waals surface area (Å²) in [5.74, 6) is -0.991. The molecule has 2 amide bonds. The molecule has 118 valence electrons. The highest BCUT2D eigenvalue weighted by Gasteiger charge is 2.43. The zero-order valence-corrected chi connectivity index (χ0v) is 11.8. The minimum absolute atomic E-state index is 0.112. The standard InChI is InChI=1S/C9H16N4O2.C2H2O4/c1-3-9(5-4-7(14)11-10)6(2)12-13-8(9)15;3-1(4)2(5)6/h3-5,10H2,1-2H3,(H,11,14)(H,13,15);(H,3,4)(H,5,6). The molecule has 0 bridgehead atoms. The van der Waals surface area contributed by atoms with Crippen LogP contribution < -0.4 is 21.8 Å². The van der Waals surface area contributed by atoms with Crippen molar-refractivity contribution in [3.05, 3.63) is 0 Å². The number of carboxylic acid groups (broad SMARTS) is 2. The summed E-state index contributed by atoms with van der Waals surface area (Å²) in [6.07, 6.45) is 1.42. The van der Waals surface area contributed by atoms with Gasteiger partial charge in [-0.25, -0.2) is 15.6 Å². The number of carboxylic acids is 2. The van der Waals surface area contributed by atoms with Crippen LogP contribution in [0.5, 0.6) is 0 Å².